The Kier molecular flexibility index (Phi) is 3.06. The minimum atomic E-state index is -3.13. The molecular formula is C13H17N3O3S. The molecule has 108 valence electrons. The van der Waals surface area contributed by atoms with Crippen LogP contribution in [0.15, 0.2) is 18.2 Å². The largest absolute Gasteiger partial charge is 0.315 e. The molecule has 20 heavy (non-hydrogen) atoms. The van der Waals surface area contributed by atoms with Crippen molar-refractivity contribution in [1.82, 2.24) is 10.3 Å². The molecule has 7 heteroatoms. The van der Waals surface area contributed by atoms with Crippen LogP contribution >= 0.6 is 0 Å². The van der Waals surface area contributed by atoms with E-state index < -0.39 is 21.2 Å². The van der Waals surface area contributed by atoms with E-state index in [0.717, 1.165) is 5.69 Å². The van der Waals surface area contributed by atoms with Crippen LogP contribution < -0.4 is 10.6 Å². The van der Waals surface area contributed by atoms with Gasteiger partial charge in [-0.2, -0.15) is 0 Å². The van der Waals surface area contributed by atoms with Crippen LogP contribution in [-0.4, -0.2) is 43.9 Å². The normalized spacial score (nSPS) is 26.1. The van der Waals surface area contributed by atoms with Crippen LogP contribution in [-0.2, 0) is 14.6 Å². The summed E-state index contributed by atoms with van der Waals surface area (Å²) in [6, 6.07) is 5.36. The molecule has 1 atom stereocenters. The monoisotopic (exact) mass is 295 g/mol. The number of aryl methyl sites for hydroxylation is 1. The lowest BCUT2D eigenvalue weighted by Crippen LogP contribution is -2.59. The lowest BCUT2D eigenvalue weighted by atomic mass is 9.73. The van der Waals surface area contributed by atoms with Crippen molar-refractivity contribution in [3.05, 3.63) is 23.9 Å². The van der Waals surface area contributed by atoms with Gasteiger partial charge in [0.05, 0.1) is 17.4 Å². The van der Waals surface area contributed by atoms with Crippen molar-refractivity contribution in [3.8, 4) is 0 Å². The lowest BCUT2D eigenvalue weighted by Gasteiger charge is -2.42. The summed E-state index contributed by atoms with van der Waals surface area (Å²) >= 11 is 0. The highest BCUT2D eigenvalue weighted by Gasteiger charge is 2.56. The van der Waals surface area contributed by atoms with Crippen LogP contribution in [0, 0.1) is 18.3 Å². The number of amides is 1. The predicted octanol–water partition coefficient (Wildman–Crippen LogP) is -0.0373. The first-order valence-electron chi connectivity index (χ1n) is 6.56. The van der Waals surface area contributed by atoms with Gasteiger partial charge in [0.1, 0.15) is 5.82 Å². The minimum absolute atomic E-state index is 0.0632. The van der Waals surface area contributed by atoms with Crippen molar-refractivity contribution >= 4 is 21.6 Å². The van der Waals surface area contributed by atoms with Crippen molar-refractivity contribution in [2.24, 2.45) is 11.3 Å². The number of hydrogen-bond donors (Lipinski definition) is 2. The molecule has 3 rings (SSSR count). The number of carbonyl (C=O) groups is 1. The highest BCUT2D eigenvalue weighted by atomic mass is 32.2. The Balaban J connectivity index is 1.80. The molecule has 0 bridgehead atoms. The molecule has 2 aliphatic rings. The van der Waals surface area contributed by atoms with Crippen molar-refractivity contribution in [2.45, 2.75) is 6.92 Å². The zero-order valence-electron chi connectivity index (χ0n) is 11.2. The Labute approximate surface area is 117 Å². The SMILES string of the molecule is Cc1cccc(NC(=O)C2CS(=O)(=O)CC23CNC3)n1. The van der Waals surface area contributed by atoms with E-state index in [0.29, 0.717) is 18.9 Å². The van der Waals surface area contributed by atoms with Gasteiger partial charge in [0.2, 0.25) is 5.91 Å². The Hall–Kier alpha value is -1.47. The van der Waals surface area contributed by atoms with Gasteiger partial charge in [0, 0.05) is 24.2 Å². The standard InChI is InChI=1S/C13H17N3O3S/c1-9-3-2-4-11(15-9)16-12(17)10-5-20(18,19)8-13(10)6-14-7-13/h2-4,10,14H,5-8H2,1H3,(H,15,16,17). The van der Waals surface area contributed by atoms with E-state index in [1.165, 1.54) is 0 Å². The van der Waals surface area contributed by atoms with Crippen molar-refractivity contribution < 1.29 is 13.2 Å². The highest BCUT2D eigenvalue weighted by molar-refractivity contribution is 7.91. The van der Waals surface area contributed by atoms with Gasteiger partial charge in [0.15, 0.2) is 9.84 Å². The van der Waals surface area contributed by atoms with Crippen LogP contribution in [0.25, 0.3) is 0 Å². The average molecular weight is 295 g/mol. The summed E-state index contributed by atoms with van der Waals surface area (Å²) in [6.45, 7) is 3.02. The number of hydrogen-bond acceptors (Lipinski definition) is 5. The van der Waals surface area contributed by atoms with Crippen LogP contribution in [0.3, 0.4) is 0 Å². The number of aromatic nitrogens is 1. The van der Waals surface area contributed by atoms with Gasteiger partial charge in [-0.1, -0.05) is 6.07 Å². The third-order valence-corrected chi connectivity index (χ3v) is 5.93. The molecule has 1 unspecified atom stereocenters. The summed E-state index contributed by atoms with van der Waals surface area (Å²) in [5.41, 5.74) is 0.383. The first-order valence-corrected chi connectivity index (χ1v) is 8.38. The number of pyridine rings is 1. The summed E-state index contributed by atoms with van der Waals surface area (Å²) < 4.78 is 23.7. The zero-order chi connectivity index (χ0) is 14.4. The van der Waals surface area contributed by atoms with Gasteiger partial charge >= 0.3 is 0 Å². The van der Waals surface area contributed by atoms with E-state index in [4.69, 9.17) is 0 Å². The fourth-order valence-electron chi connectivity index (χ4n) is 3.00. The molecule has 2 aliphatic heterocycles. The first kappa shape index (κ1) is 13.5. The molecule has 2 saturated heterocycles. The molecule has 6 nitrogen and oxygen atoms in total. The van der Waals surface area contributed by atoms with E-state index >= 15 is 0 Å². The summed E-state index contributed by atoms with van der Waals surface area (Å²) in [7, 11) is -3.13. The molecule has 3 heterocycles. The molecule has 1 spiro atoms. The third kappa shape index (κ3) is 2.31. The van der Waals surface area contributed by atoms with Crippen molar-refractivity contribution in [3.63, 3.8) is 0 Å². The Morgan fingerprint density at radius 1 is 1.45 bits per heavy atom. The molecular weight excluding hydrogens is 278 g/mol. The smallest absolute Gasteiger partial charge is 0.230 e. The second-order valence-corrected chi connectivity index (χ2v) is 7.84. The summed E-state index contributed by atoms with van der Waals surface area (Å²) in [5, 5.41) is 5.82. The molecule has 1 aromatic heterocycles. The molecule has 1 aromatic rings. The van der Waals surface area contributed by atoms with Gasteiger partial charge in [0.25, 0.3) is 0 Å². The number of anilines is 1. The summed E-state index contributed by atoms with van der Waals surface area (Å²) in [5.74, 6) is -0.220. The minimum Gasteiger partial charge on any atom is -0.315 e. The highest BCUT2D eigenvalue weighted by Crippen LogP contribution is 2.41. The Morgan fingerprint density at radius 2 is 2.20 bits per heavy atom. The quantitative estimate of drug-likeness (QED) is 0.799. The summed E-state index contributed by atoms with van der Waals surface area (Å²) in [4.78, 5) is 16.6. The maximum absolute atomic E-state index is 12.4. The van der Waals surface area contributed by atoms with Gasteiger partial charge in [-0.05, 0) is 19.1 Å². The molecule has 0 radical (unpaired) electrons. The molecule has 2 fully saturated rings. The molecule has 2 N–H and O–H groups in total. The Morgan fingerprint density at radius 3 is 2.80 bits per heavy atom. The number of sulfone groups is 1. The van der Waals surface area contributed by atoms with Crippen LogP contribution in [0.4, 0.5) is 5.82 Å². The second-order valence-electron chi connectivity index (χ2n) is 5.73. The first-order chi connectivity index (χ1) is 9.40. The van der Waals surface area contributed by atoms with Gasteiger partial charge < -0.3 is 10.6 Å². The zero-order valence-corrected chi connectivity index (χ0v) is 12.0. The second kappa shape index (κ2) is 4.53. The average Bonchev–Trinajstić information content (AvgIpc) is 2.61. The van der Waals surface area contributed by atoms with Gasteiger partial charge in [-0.15, -0.1) is 0 Å². The molecule has 1 amide bonds. The van der Waals surface area contributed by atoms with Crippen LogP contribution in [0.5, 0.6) is 0 Å². The predicted molar refractivity (Wildman–Crippen MR) is 75.1 cm³/mol. The molecule has 0 saturated carbocycles. The van der Waals surface area contributed by atoms with Gasteiger partial charge in [-0.25, -0.2) is 13.4 Å². The number of nitrogens with zero attached hydrogens (tertiary/aromatic N) is 1. The maximum Gasteiger partial charge on any atom is 0.230 e. The third-order valence-electron chi connectivity index (χ3n) is 4.08. The fraction of sp³-hybridized carbons (Fsp3) is 0.538. The number of rotatable bonds is 2. The maximum atomic E-state index is 12.4. The Bertz CT molecular complexity index is 653. The lowest BCUT2D eigenvalue weighted by molar-refractivity contribution is -0.123. The van der Waals surface area contributed by atoms with E-state index in [2.05, 4.69) is 15.6 Å². The van der Waals surface area contributed by atoms with Crippen molar-refractivity contribution in [2.75, 3.05) is 29.9 Å². The molecule has 0 aromatic carbocycles. The van der Waals surface area contributed by atoms with Crippen molar-refractivity contribution in [1.29, 1.82) is 0 Å². The van der Waals surface area contributed by atoms with E-state index in [9.17, 15) is 13.2 Å². The summed E-state index contributed by atoms with van der Waals surface area (Å²) in [6.07, 6.45) is 0. The van der Waals surface area contributed by atoms with Gasteiger partial charge in [-0.3, -0.25) is 4.79 Å². The fourth-order valence-corrected chi connectivity index (χ4v) is 5.41. The van der Waals surface area contributed by atoms with E-state index in [1.807, 2.05) is 19.1 Å². The van der Waals surface area contributed by atoms with E-state index in [-0.39, 0.29) is 17.4 Å². The van der Waals surface area contributed by atoms with Crippen LogP contribution in [0.2, 0.25) is 0 Å². The number of nitrogens with one attached hydrogen (secondary N) is 2. The van der Waals surface area contributed by atoms with Crippen LogP contribution in [0.1, 0.15) is 5.69 Å². The number of carbonyl (C=O) groups excluding carboxylic acids is 1. The molecule has 0 aliphatic carbocycles. The van der Waals surface area contributed by atoms with E-state index in [1.54, 1.807) is 6.07 Å². The topological polar surface area (TPSA) is 88.2 Å².